The summed E-state index contributed by atoms with van der Waals surface area (Å²) in [4.78, 5) is 0. The largest absolute Gasteiger partial charge is 0.321 e. The number of para-hydroxylation sites is 1. The molecule has 0 fully saturated rings. The number of benzene rings is 1. The van der Waals surface area contributed by atoms with Crippen LogP contribution in [0.1, 0.15) is 17.0 Å². The fourth-order valence-corrected chi connectivity index (χ4v) is 2.26. The van der Waals surface area contributed by atoms with Crippen molar-refractivity contribution in [2.75, 3.05) is 5.43 Å². The van der Waals surface area contributed by atoms with Crippen molar-refractivity contribution in [3.05, 3.63) is 71.8 Å². The molecule has 20 heavy (non-hydrogen) atoms. The van der Waals surface area contributed by atoms with Crippen LogP contribution in [0.4, 0.5) is 0 Å². The van der Waals surface area contributed by atoms with Crippen molar-refractivity contribution in [1.82, 2.24) is 14.5 Å². The van der Waals surface area contributed by atoms with Crippen molar-refractivity contribution < 1.29 is 0 Å². The first-order chi connectivity index (χ1) is 9.74. The predicted octanol–water partition coefficient (Wildman–Crippen LogP) is 3.03. The van der Waals surface area contributed by atoms with Crippen molar-refractivity contribution >= 4 is 0 Å². The summed E-state index contributed by atoms with van der Waals surface area (Å²) < 4.78 is 3.99. The Bertz CT molecular complexity index is 675. The lowest BCUT2D eigenvalue weighted by molar-refractivity contribution is 0.792. The van der Waals surface area contributed by atoms with Crippen molar-refractivity contribution in [3.8, 4) is 5.69 Å². The molecule has 0 spiro atoms. The number of nitrogens with zero attached hydrogens (tertiary/aromatic N) is 3. The van der Waals surface area contributed by atoms with Gasteiger partial charge in [-0.3, -0.25) is 4.68 Å². The summed E-state index contributed by atoms with van der Waals surface area (Å²) >= 11 is 0. The molecule has 0 aliphatic heterocycles. The maximum Gasteiger partial charge on any atom is 0.0645 e. The SMILES string of the molecule is Cc1ccc(C)n1NCc1cnn(-c2ccccc2)c1. The van der Waals surface area contributed by atoms with Gasteiger partial charge >= 0.3 is 0 Å². The quantitative estimate of drug-likeness (QED) is 0.787. The van der Waals surface area contributed by atoms with Gasteiger partial charge in [0.1, 0.15) is 0 Å². The van der Waals surface area contributed by atoms with E-state index >= 15 is 0 Å². The van der Waals surface area contributed by atoms with Crippen LogP contribution in [0.25, 0.3) is 5.69 Å². The van der Waals surface area contributed by atoms with Gasteiger partial charge in [0.15, 0.2) is 0 Å². The molecular weight excluding hydrogens is 248 g/mol. The normalized spacial score (nSPS) is 10.7. The molecule has 1 aromatic carbocycles. The van der Waals surface area contributed by atoms with Crippen molar-refractivity contribution in [1.29, 1.82) is 0 Å². The summed E-state index contributed by atoms with van der Waals surface area (Å²) in [7, 11) is 0. The van der Waals surface area contributed by atoms with Crippen LogP contribution >= 0.6 is 0 Å². The lowest BCUT2D eigenvalue weighted by Crippen LogP contribution is -2.16. The van der Waals surface area contributed by atoms with Gasteiger partial charge in [-0.2, -0.15) is 5.10 Å². The molecule has 0 saturated carbocycles. The average Bonchev–Trinajstić information content (AvgIpc) is 3.06. The summed E-state index contributed by atoms with van der Waals surface area (Å²) in [6, 6.07) is 14.3. The van der Waals surface area contributed by atoms with Crippen LogP contribution in [0, 0.1) is 13.8 Å². The Labute approximate surface area is 118 Å². The zero-order valence-electron chi connectivity index (χ0n) is 11.7. The molecule has 0 atom stereocenters. The Hall–Kier alpha value is -2.49. The molecule has 2 heterocycles. The van der Waals surface area contributed by atoms with Crippen LogP contribution in [-0.2, 0) is 6.54 Å². The Balaban J connectivity index is 1.72. The first-order valence-electron chi connectivity index (χ1n) is 6.72. The third-order valence-corrected chi connectivity index (χ3v) is 3.37. The van der Waals surface area contributed by atoms with Gasteiger partial charge in [-0.25, -0.2) is 4.68 Å². The van der Waals surface area contributed by atoms with E-state index in [2.05, 4.69) is 47.4 Å². The second-order valence-electron chi connectivity index (χ2n) is 4.92. The second-order valence-corrected chi connectivity index (χ2v) is 4.92. The summed E-state index contributed by atoms with van der Waals surface area (Å²) in [6.07, 6.45) is 3.95. The smallest absolute Gasteiger partial charge is 0.0645 e. The minimum Gasteiger partial charge on any atom is -0.321 e. The first kappa shape index (κ1) is 12.5. The standard InChI is InChI=1S/C16H18N4/c1-13-8-9-14(2)20(13)18-11-15-10-17-19(12-15)16-6-4-3-5-7-16/h3-10,12,18H,11H2,1-2H3. The summed E-state index contributed by atoms with van der Waals surface area (Å²) in [6.45, 7) is 4.93. The molecule has 3 rings (SSSR count). The highest BCUT2D eigenvalue weighted by Gasteiger charge is 2.03. The molecule has 0 aliphatic carbocycles. The third-order valence-electron chi connectivity index (χ3n) is 3.37. The molecule has 0 radical (unpaired) electrons. The number of aryl methyl sites for hydroxylation is 2. The molecule has 102 valence electrons. The molecule has 4 nitrogen and oxygen atoms in total. The molecule has 0 saturated heterocycles. The van der Waals surface area contributed by atoms with Crippen LogP contribution in [0.5, 0.6) is 0 Å². The minimum absolute atomic E-state index is 0.753. The van der Waals surface area contributed by atoms with Gasteiger partial charge in [-0.1, -0.05) is 18.2 Å². The Morgan fingerprint density at radius 3 is 2.40 bits per heavy atom. The van der Waals surface area contributed by atoms with Crippen molar-refractivity contribution in [2.45, 2.75) is 20.4 Å². The van der Waals surface area contributed by atoms with Gasteiger partial charge < -0.3 is 5.43 Å². The van der Waals surface area contributed by atoms with Gasteiger partial charge in [0, 0.05) is 23.1 Å². The number of rotatable bonds is 4. The van der Waals surface area contributed by atoms with E-state index in [9.17, 15) is 0 Å². The highest BCUT2D eigenvalue weighted by molar-refractivity contribution is 5.31. The van der Waals surface area contributed by atoms with Gasteiger partial charge in [-0.15, -0.1) is 0 Å². The fraction of sp³-hybridized carbons (Fsp3) is 0.188. The van der Waals surface area contributed by atoms with E-state index < -0.39 is 0 Å². The predicted molar refractivity (Wildman–Crippen MR) is 80.5 cm³/mol. The Kier molecular flexibility index (Phi) is 3.29. The number of hydrogen-bond acceptors (Lipinski definition) is 2. The summed E-state index contributed by atoms with van der Waals surface area (Å²) in [5.74, 6) is 0. The maximum absolute atomic E-state index is 4.40. The third kappa shape index (κ3) is 2.45. The fourth-order valence-electron chi connectivity index (χ4n) is 2.26. The molecule has 0 unspecified atom stereocenters. The average molecular weight is 266 g/mol. The van der Waals surface area contributed by atoms with Crippen molar-refractivity contribution in [2.24, 2.45) is 0 Å². The molecule has 0 bridgehead atoms. The van der Waals surface area contributed by atoms with E-state index in [1.807, 2.05) is 41.2 Å². The van der Waals surface area contributed by atoms with E-state index in [4.69, 9.17) is 0 Å². The lowest BCUT2D eigenvalue weighted by atomic mass is 10.3. The number of hydrogen-bond donors (Lipinski definition) is 1. The van der Waals surface area contributed by atoms with Gasteiger partial charge in [0.05, 0.1) is 18.4 Å². The zero-order chi connectivity index (χ0) is 13.9. The molecular formula is C16H18N4. The van der Waals surface area contributed by atoms with Crippen LogP contribution < -0.4 is 5.43 Å². The summed E-state index contributed by atoms with van der Waals surface area (Å²) in [5.41, 5.74) is 8.05. The molecule has 2 aromatic heterocycles. The number of nitrogens with one attached hydrogen (secondary N) is 1. The van der Waals surface area contributed by atoms with E-state index in [1.54, 1.807) is 0 Å². The minimum atomic E-state index is 0.753. The van der Waals surface area contributed by atoms with E-state index in [0.29, 0.717) is 0 Å². The first-order valence-corrected chi connectivity index (χ1v) is 6.72. The van der Waals surface area contributed by atoms with Crippen LogP contribution in [-0.4, -0.2) is 14.5 Å². The second kappa shape index (κ2) is 5.25. The van der Waals surface area contributed by atoms with E-state index in [-0.39, 0.29) is 0 Å². The molecule has 1 N–H and O–H groups in total. The summed E-state index contributed by atoms with van der Waals surface area (Å²) in [5, 5.41) is 4.40. The van der Waals surface area contributed by atoms with Crippen molar-refractivity contribution in [3.63, 3.8) is 0 Å². The Morgan fingerprint density at radius 1 is 1.00 bits per heavy atom. The van der Waals surface area contributed by atoms with Gasteiger partial charge in [0.2, 0.25) is 0 Å². The van der Waals surface area contributed by atoms with Gasteiger partial charge in [0.25, 0.3) is 0 Å². The maximum atomic E-state index is 4.40. The highest BCUT2D eigenvalue weighted by Crippen LogP contribution is 2.09. The topological polar surface area (TPSA) is 34.8 Å². The van der Waals surface area contributed by atoms with Gasteiger partial charge in [-0.05, 0) is 38.1 Å². The van der Waals surface area contributed by atoms with Crippen LogP contribution in [0.3, 0.4) is 0 Å². The highest BCUT2D eigenvalue weighted by atomic mass is 15.4. The number of aromatic nitrogens is 3. The monoisotopic (exact) mass is 266 g/mol. The lowest BCUT2D eigenvalue weighted by Gasteiger charge is -2.11. The Morgan fingerprint density at radius 2 is 1.70 bits per heavy atom. The van der Waals surface area contributed by atoms with Crippen LogP contribution in [0.15, 0.2) is 54.9 Å². The molecule has 3 aromatic rings. The molecule has 4 heteroatoms. The zero-order valence-corrected chi connectivity index (χ0v) is 11.7. The van der Waals surface area contributed by atoms with Crippen LogP contribution in [0.2, 0.25) is 0 Å². The van der Waals surface area contributed by atoms with E-state index in [0.717, 1.165) is 17.8 Å². The van der Waals surface area contributed by atoms with E-state index in [1.165, 1.54) is 11.4 Å². The molecule has 0 amide bonds. The molecule has 0 aliphatic rings.